The first-order valence-electron chi connectivity index (χ1n) is 9.59. The maximum Gasteiger partial charge on any atom is 0.311 e. The number of epoxide rings is 1. The number of ether oxygens (including phenoxy) is 5. The highest BCUT2D eigenvalue weighted by atomic mass is 16.8. The van der Waals surface area contributed by atoms with Gasteiger partial charge in [-0.15, -0.1) is 0 Å². The molecule has 7 nitrogen and oxygen atoms in total. The Bertz CT molecular complexity index is 475. The Morgan fingerprint density at radius 3 is 2.58 bits per heavy atom. The minimum absolute atomic E-state index is 0.0502. The lowest BCUT2D eigenvalue weighted by atomic mass is 9.85. The summed E-state index contributed by atoms with van der Waals surface area (Å²) < 4.78 is 28.4. The summed E-state index contributed by atoms with van der Waals surface area (Å²) in [6.45, 7) is 8.73. The largest absolute Gasteiger partial charge is 0.469 e. The zero-order valence-corrected chi connectivity index (χ0v) is 16.9. The van der Waals surface area contributed by atoms with E-state index in [0.29, 0.717) is 18.9 Å². The van der Waals surface area contributed by atoms with E-state index in [1.807, 2.05) is 13.8 Å². The van der Waals surface area contributed by atoms with Crippen LogP contribution in [0.25, 0.3) is 0 Å². The molecule has 0 saturated carbocycles. The van der Waals surface area contributed by atoms with Crippen molar-refractivity contribution in [1.82, 2.24) is 0 Å². The molecule has 2 saturated heterocycles. The number of carbonyl (C=O) groups is 1. The monoisotopic (exact) mass is 373 g/mol. The highest BCUT2D eigenvalue weighted by molar-refractivity contribution is 5.72. The van der Waals surface area contributed by atoms with Crippen molar-refractivity contribution in [2.45, 2.75) is 77.3 Å². The van der Waals surface area contributed by atoms with Crippen LogP contribution in [0.4, 0.5) is 0 Å². The minimum atomic E-state index is -0.614. The van der Waals surface area contributed by atoms with E-state index in [2.05, 4.69) is 13.8 Å². The van der Waals surface area contributed by atoms with Crippen LogP contribution in [-0.4, -0.2) is 57.1 Å². The molecule has 2 fully saturated rings. The normalized spacial score (nSPS) is 35.1. The lowest BCUT2D eigenvalue weighted by molar-refractivity contribution is -0.244. The number of esters is 1. The molecule has 2 N–H and O–H groups in total. The lowest BCUT2D eigenvalue weighted by Crippen LogP contribution is -2.45. The van der Waals surface area contributed by atoms with Gasteiger partial charge in [-0.05, 0) is 45.1 Å². The van der Waals surface area contributed by atoms with E-state index >= 15 is 0 Å². The third kappa shape index (κ3) is 4.75. The molecule has 0 spiro atoms. The fraction of sp³-hybridized carbons (Fsp3) is 0.947. The van der Waals surface area contributed by atoms with Gasteiger partial charge in [0, 0.05) is 7.11 Å². The summed E-state index contributed by atoms with van der Waals surface area (Å²) >= 11 is 0. The van der Waals surface area contributed by atoms with Gasteiger partial charge in [-0.3, -0.25) is 4.79 Å². The van der Waals surface area contributed by atoms with E-state index in [9.17, 15) is 4.79 Å². The Morgan fingerprint density at radius 1 is 1.31 bits per heavy atom. The number of fused-ring (bicyclic) bond motifs is 1. The summed E-state index contributed by atoms with van der Waals surface area (Å²) in [5.41, 5.74) is 5.67. The molecule has 26 heavy (non-hydrogen) atoms. The zero-order chi connectivity index (χ0) is 19.5. The molecule has 0 aromatic heterocycles. The predicted molar refractivity (Wildman–Crippen MR) is 96.2 cm³/mol. The smallest absolute Gasteiger partial charge is 0.311 e. The maximum absolute atomic E-state index is 12.2. The Morgan fingerprint density at radius 2 is 2.00 bits per heavy atom. The summed E-state index contributed by atoms with van der Waals surface area (Å²) in [5, 5.41) is 0. The molecular formula is C19H35NO6. The molecule has 2 rings (SSSR count). The van der Waals surface area contributed by atoms with Crippen molar-refractivity contribution in [3.05, 3.63) is 0 Å². The van der Waals surface area contributed by atoms with Gasteiger partial charge in [0.1, 0.15) is 6.10 Å². The summed E-state index contributed by atoms with van der Waals surface area (Å²) in [5.74, 6) is -0.675. The van der Waals surface area contributed by atoms with Gasteiger partial charge in [0.15, 0.2) is 6.29 Å². The zero-order valence-electron chi connectivity index (χ0n) is 16.9. The van der Waals surface area contributed by atoms with Crippen LogP contribution >= 0.6 is 0 Å². The minimum Gasteiger partial charge on any atom is -0.469 e. The molecule has 152 valence electrons. The summed E-state index contributed by atoms with van der Waals surface area (Å²) in [6, 6.07) is 0. The molecule has 2 aliphatic heterocycles. The SMILES string of the molecule is COC(=O)C(C)C(OC1CC2(OC)OC2C(C)O1)C(C)C[C@@H](C)CCN. The van der Waals surface area contributed by atoms with Crippen LogP contribution < -0.4 is 5.73 Å². The fourth-order valence-corrected chi connectivity index (χ4v) is 4.13. The van der Waals surface area contributed by atoms with Gasteiger partial charge in [0.05, 0.1) is 31.7 Å². The lowest BCUT2D eigenvalue weighted by Gasteiger charge is -2.36. The van der Waals surface area contributed by atoms with Gasteiger partial charge in [-0.2, -0.15) is 0 Å². The number of hydrogen-bond acceptors (Lipinski definition) is 7. The Balaban J connectivity index is 2.06. The highest BCUT2D eigenvalue weighted by Gasteiger charge is 2.65. The summed E-state index contributed by atoms with van der Waals surface area (Å²) in [6.07, 6.45) is 1.40. The van der Waals surface area contributed by atoms with Crippen molar-refractivity contribution in [2.75, 3.05) is 20.8 Å². The number of nitrogens with two attached hydrogens (primary N) is 1. The van der Waals surface area contributed by atoms with E-state index in [0.717, 1.165) is 12.8 Å². The van der Waals surface area contributed by atoms with Gasteiger partial charge in [-0.25, -0.2) is 0 Å². The van der Waals surface area contributed by atoms with Crippen LogP contribution in [0.15, 0.2) is 0 Å². The molecule has 2 heterocycles. The first-order chi connectivity index (χ1) is 12.3. The molecule has 2 aliphatic rings. The van der Waals surface area contributed by atoms with Crippen LogP contribution in [0.5, 0.6) is 0 Å². The molecule has 0 amide bonds. The quantitative estimate of drug-likeness (QED) is 0.463. The van der Waals surface area contributed by atoms with Crippen molar-refractivity contribution in [3.8, 4) is 0 Å². The van der Waals surface area contributed by atoms with Crippen LogP contribution in [0.1, 0.15) is 47.0 Å². The standard InChI is InChI=1S/C19H35NO6/c1-11(7-8-20)9-12(2)16(13(3)18(21)22-5)25-15-10-19(23-6)17(26-19)14(4)24-15/h11-17H,7-10,20H2,1-6H3/t11-,12?,13?,14?,15?,16?,17?,19?/m0/s1. The summed E-state index contributed by atoms with van der Waals surface area (Å²) in [4.78, 5) is 12.2. The topological polar surface area (TPSA) is 92.5 Å². The van der Waals surface area contributed by atoms with E-state index in [1.54, 1.807) is 7.11 Å². The van der Waals surface area contributed by atoms with Gasteiger partial charge >= 0.3 is 5.97 Å². The molecule has 0 radical (unpaired) electrons. The van der Waals surface area contributed by atoms with Crippen molar-refractivity contribution >= 4 is 5.97 Å². The second-order valence-electron chi connectivity index (χ2n) is 7.84. The van der Waals surface area contributed by atoms with Crippen LogP contribution in [0.3, 0.4) is 0 Å². The van der Waals surface area contributed by atoms with Crippen LogP contribution in [0, 0.1) is 17.8 Å². The molecule has 7 heteroatoms. The van der Waals surface area contributed by atoms with Crippen molar-refractivity contribution in [2.24, 2.45) is 23.5 Å². The first-order valence-corrected chi connectivity index (χ1v) is 9.59. The Kier molecular flexibility index (Phi) is 7.44. The van der Waals surface area contributed by atoms with E-state index in [-0.39, 0.29) is 30.2 Å². The van der Waals surface area contributed by atoms with Gasteiger partial charge in [-0.1, -0.05) is 13.8 Å². The van der Waals surface area contributed by atoms with E-state index < -0.39 is 18.0 Å². The molecule has 0 aromatic carbocycles. The Hall–Kier alpha value is -0.730. The van der Waals surface area contributed by atoms with Gasteiger partial charge < -0.3 is 29.4 Å². The Labute approximate surface area is 156 Å². The van der Waals surface area contributed by atoms with E-state index in [1.165, 1.54) is 7.11 Å². The van der Waals surface area contributed by atoms with Crippen molar-refractivity contribution in [3.63, 3.8) is 0 Å². The second kappa shape index (κ2) is 8.97. The van der Waals surface area contributed by atoms with Gasteiger partial charge in [0.25, 0.3) is 0 Å². The molecule has 0 aliphatic carbocycles. The third-order valence-corrected chi connectivity index (χ3v) is 5.66. The average Bonchev–Trinajstić information content (AvgIpc) is 3.34. The van der Waals surface area contributed by atoms with Crippen LogP contribution in [0.2, 0.25) is 0 Å². The third-order valence-electron chi connectivity index (χ3n) is 5.66. The number of hydrogen-bond donors (Lipinski definition) is 1. The molecule has 0 aromatic rings. The average molecular weight is 373 g/mol. The van der Waals surface area contributed by atoms with E-state index in [4.69, 9.17) is 29.4 Å². The number of methoxy groups -OCH3 is 2. The second-order valence-corrected chi connectivity index (χ2v) is 7.84. The van der Waals surface area contributed by atoms with Gasteiger partial charge in [0.2, 0.25) is 5.79 Å². The predicted octanol–water partition coefficient (Wildman–Crippen LogP) is 2.07. The van der Waals surface area contributed by atoms with Crippen molar-refractivity contribution in [1.29, 1.82) is 0 Å². The fourth-order valence-electron chi connectivity index (χ4n) is 4.13. The number of carbonyl (C=O) groups excluding carboxylic acids is 1. The molecule has 7 unspecified atom stereocenters. The molecule has 8 atom stereocenters. The van der Waals surface area contributed by atoms with Crippen molar-refractivity contribution < 1.29 is 28.5 Å². The van der Waals surface area contributed by atoms with Crippen LogP contribution in [-0.2, 0) is 28.5 Å². The highest BCUT2D eigenvalue weighted by Crippen LogP contribution is 2.49. The first kappa shape index (κ1) is 21.6. The summed E-state index contributed by atoms with van der Waals surface area (Å²) in [7, 11) is 3.04. The number of rotatable bonds is 10. The molecular weight excluding hydrogens is 338 g/mol. The maximum atomic E-state index is 12.2. The molecule has 0 bridgehead atoms.